The summed E-state index contributed by atoms with van der Waals surface area (Å²) in [6, 6.07) is 0. The van der Waals surface area contributed by atoms with E-state index >= 15 is 0 Å². The molecular weight excluding hydrogens is 232 g/mol. The van der Waals surface area contributed by atoms with Crippen LogP contribution in [0.4, 0.5) is 0 Å². The van der Waals surface area contributed by atoms with E-state index in [4.69, 9.17) is 12.2 Å². The average Bonchev–Trinajstić information content (AvgIpc) is 2.48. The van der Waals surface area contributed by atoms with Gasteiger partial charge >= 0.3 is 0 Å². The topological polar surface area (TPSA) is 49.4 Å². The Kier molecular flexibility index (Phi) is 4.53. The van der Waals surface area contributed by atoms with E-state index in [0.717, 1.165) is 0 Å². The first-order chi connectivity index (χ1) is 7.02. The van der Waals surface area contributed by atoms with Crippen molar-refractivity contribution < 1.29 is 9.59 Å². The maximum absolute atomic E-state index is 11.3. The molecule has 6 heteroatoms. The molecule has 0 bridgehead atoms. The van der Waals surface area contributed by atoms with Gasteiger partial charge in [-0.15, -0.1) is 0 Å². The number of nitrogens with one attached hydrogen (secondary N) is 1. The van der Waals surface area contributed by atoms with E-state index in [0.29, 0.717) is 23.2 Å². The monoisotopic (exact) mass is 246 g/mol. The predicted octanol–water partition coefficient (Wildman–Crippen LogP) is 0.619. The first kappa shape index (κ1) is 12.4. The van der Waals surface area contributed by atoms with Crippen molar-refractivity contribution >= 4 is 40.1 Å². The van der Waals surface area contributed by atoms with Crippen molar-refractivity contribution in [2.75, 3.05) is 18.8 Å². The molecule has 1 fully saturated rings. The summed E-state index contributed by atoms with van der Waals surface area (Å²) in [5.41, 5.74) is 0. The lowest BCUT2D eigenvalue weighted by Crippen LogP contribution is -2.38. The summed E-state index contributed by atoms with van der Waals surface area (Å²) >= 11 is 6.38. The second kappa shape index (κ2) is 5.46. The van der Waals surface area contributed by atoms with Gasteiger partial charge in [-0.1, -0.05) is 37.8 Å². The lowest BCUT2D eigenvalue weighted by molar-refractivity contribution is -0.126. The number of rotatable bonds is 4. The molecule has 0 saturated carbocycles. The van der Waals surface area contributed by atoms with Crippen molar-refractivity contribution in [3.8, 4) is 0 Å². The molecule has 1 N–H and O–H groups in total. The van der Waals surface area contributed by atoms with Crippen LogP contribution in [-0.2, 0) is 9.59 Å². The van der Waals surface area contributed by atoms with E-state index < -0.39 is 0 Å². The van der Waals surface area contributed by atoms with E-state index in [9.17, 15) is 9.59 Å². The molecule has 1 aliphatic heterocycles. The SMILES string of the molecule is CC(C)C(=O)NCCN1C(=O)CSC1=S. The number of nitrogens with zero attached hydrogens (tertiary/aromatic N) is 1. The predicted molar refractivity (Wildman–Crippen MR) is 64.6 cm³/mol. The van der Waals surface area contributed by atoms with Crippen molar-refractivity contribution in [1.29, 1.82) is 0 Å². The summed E-state index contributed by atoms with van der Waals surface area (Å²) in [5.74, 6) is 0.432. The Labute approximate surface area is 98.8 Å². The molecule has 1 heterocycles. The number of hydrogen-bond donors (Lipinski definition) is 1. The van der Waals surface area contributed by atoms with Crippen molar-refractivity contribution in [2.24, 2.45) is 5.92 Å². The highest BCUT2D eigenvalue weighted by Gasteiger charge is 2.25. The molecule has 0 unspecified atom stereocenters. The Bertz CT molecular complexity index is 276. The smallest absolute Gasteiger partial charge is 0.238 e. The third-order valence-corrected chi connectivity index (χ3v) is 3.43. The van der Waals surface area contributed by atoms with Crippen LogP contribution in [0, 0.1) is 5.92 Å². The number of amides is 2. The third-order valence-electron chi connectivity index (χ3n) is 2.00. The third kappa shape index (κ3) is 3.46. The molecule has 1 saturated heterocycles. The lowest BCUT2D eigenvalue weighted by atomic mass is 10.2. The van der Waals surface area contributed by atoms with Crippen LogP contribution < -0.4 is 5.32 Å². The van der Waals surface area contributed by atoms with Gasteiger partial charge < -0.3 is 5.32 Å². The summed E-state index contributed by atoms with van der Waals surface area (Å²) < 4.78 is 0.610. The van der Waals surface area contributed by atoms with Gasteiger partial charge in [0.05, 0.1) is 5.75 Å². The second-order valence-corrected chi connectivity index (χ2v) is 5.15. The molecule has 0 atom stereocenters. The van der Waals surface area contributed by atoms with Crippen LogP contribution in [0.2, 0.25) is 0 Å². The molecule has 4 nitrogen and oxygen atoms in total. The van der Waals surface area contributed by atoms with Crippen LogP contribution in [0.15, 0.2) is 0 Å². The standard InChI is InChI=1S/C9H14N2O2S2/c1-6(2)8(13)10-3-4-11-7(12)5-15-9(11)14/h6H,3-5H2,1-2H3,(H,10,13). The van der Waals surface area contributed by atoms with Crippen LogP contribution in [0.5, 0.6) is 0 Å². The van der Waals surface area contributed by atoms with Crippen molar-refractivity contribution in [3.63, 3.8) is 0 Å². The van der Waals surface area contributed by atoms with Crippen LogP contribution in [0.1, 0.15) is 13.8 Å². The first-order valence-electron chi connectivity index (χ1n) is 4.77. The number of hydrogen-bond acceptors (Lipinski definition) is 4. The van der Waals surface area contributed by atoms with Crippen LogP contribution >= 0.6 is 24.0 Å². The lowest BCUT2D eigenvalue weighted by Gasteiger charge is -2.15. The summed E-state index contributed by atoms with van der Waals surface area (Å²) in [6.07, 6.45) is 0. The highest BCUT2D eigenvalue weighted by Crippen LogP contribution is 2.18. The molecule has 1 aliphatic rings. The molecule has 0 aromatic carbocycles. The Morgan fingerprint density at radius 1 is 1.67 bits per heavy atom. The Morgan fingerprint density at radius 2 is 2.33 bits per heavy atom. The van der Waals surface area contributed by atoms with Gasteiger partial charge in [0.15, 0.2) is 0 Å². The van der Waals surface area contributed by atoms with E-state index in [1.807, 2.05) is 13.8 Å². The van der Waals surface area contributed by atoms with Gasteiger partial charge in [0.25, 0.3) is 0 Å². The molecule has 0 aromatic rings. The van der Waals surface area contributed by atoms with Gasteiger partial charge in [-0.3, -0.25) is 14.5 Å². The molecule has 0 radical (unpaired) electrons. The Hall–Kier alpha value is -0.620. The molecular formula is C9H14N2O2S2. The molecule has 0 spiro atoms. The number of carbonyl (C=O) groups is 2. The quantitative estimate of drug-likeness (QED) is 0.739. The molecule has 15 heavy (non-hydrogen) atoms. The van der Waals surface area contributed by atoms with Crippen molar-refractivity contribution in [3.05, 3.63) is 0 Å². The summed E-state index contributed by atoms with van der Waals surface area (Å²) in [6.45, 7) is 4.60. The van der Waals surface area contributed by atoms with Gasteiger partial charge in [-0.2, -0.15) is 0 Å². The Morgan fingerprint density at radius 3 is 2.80 bits per heavy atom. The minimum atomic E-state index is -0.0272. The molecule has 0 aliphatic carbocycles. The first-order valence-corrected chi connectivity index (χ1v) is 6.16. The van der Waals surface area contributed by atoms with Gasteiger partial charge in [0.1, 0.15) is 4.32 Å². The van der Waals surface area contributed by atoms with E-state index in [1.54, 1.807) is 4.90 Å². The number of thiocarbonyl (C=S) groups is 1. The fourth-order valence-electron chi connectivity index (χ4n) is 1.09. The van der Waals surface area contributed by atoms with E-state index in [2.05, 4.69) is 5.32 Å². The fourth-order valence-corrected chi connectivity index (χ4v) is 2.21. The molecule has 0 aromatic heterocycles. The minimum absolute atomic E-state index is 0.000201. The minimum Gasteiger partial charge on any atom is -0.354 e. The van der Waals surface area contributed by atoms with Crippen molar-refractivity contribution in [1.82, 2.24) is 10.2 Å². The normalized spacial score (nSPS) is 16.3. The average molecular weight is 246 g/mol. The zero-order valence-corrected chi connectivity index (χ0v) is 10.4. The van der Waals surface area contributed by atoms with Gasteiger partial charge in [0, 0.05) is 19.0 Å². The molecule has 1 rings (SSSR count). The van der Waals surface area contributed by atoms with E-state index in [1.165, 1.54) is 11.8 Å². The fraction of sp³-hybridized carbons (Fsp3) is 0.667. The highest BCUT2D eigenvalue weighted by atomic mass is 32.2. The Balaban J connectivity index is 2.28. The summed E-state index contributed by atoms with van der Waals surface area (Å²) in [5, 5.41) is 2.75. The highest BCUT2D eigenvalue weighted by molar-refractivity contribution is 8.23. The van der Waals surface area contributed by atoms with Gasteiger partial charge in [0.2, 0.25) is 11.8 Å². The van der Waals surface area contributed by atoms with E-state index in [-0.39, 0.29) is 17.7 Å². The molecule has 2 amide bonds. The number of carbonyl (C=O) groups excluding carboxylic acids is 2. The van der Waals surface area contributed by atoms with Crippen LogP contribution in [0.25, 0.3) is 0 Å². The maximum atomic E-state index is 11.3. The van der Waals surface area contributed by atoms with Crippen LogP contribution in [0.3, 0.4) is 0 Å². The largest absolute Gasteiger partial charge is 0.354 e. The van der Waals surface area contributed by atoms with Crippen molar-refractivity contribution in [2.45, 2.75) is 13.8 Å². The maximum Gasteiger partial charge on any atom is 0.238 e. The zero-order valence-electron chi connectivity index (χ0n) is 8.78. The number of thioether (sulfide) groups is 1. The van der Waals surface area contributed by atoms with Gasteiger partial charge in [-0.25, -0.2) is 0 Å². The summed E-state index contributed by atoms with van der Waals surface area (Å²) in [4.78, 5) is 24.1. The zero-order chi connectivity index (χ0) is 11.4. The second-order valence-electron chi connectivity index (χ2n) is 3.55. The van der Waals surface area contributed by atoms with Crippen LogP contribution in [-0.4, -0.2) is 39.9 Å². The van der Waals surface area contributed by atoms with Gasteiger partial charge in [-0.05, 0) is 0 Å². The summed E-state index contributed by atoms with van der Waals surface area (Å²) in [7, 11) is 0. The molecule has 84 valence electrons.